The second-order valence-electron chi connectivity index (χ2n) is 8.24. The highest BCUT2D eigenvalue weighted by Crippen LogP contribution is 2.31. The molecule has 0 saturated heterocycles. The number of ether oxygens (including phenoxy) is 1. The predicted molar refractivity (Wildman–Crippen MR) is 138 cm³/mol. The van der Waals surface area contributed by atoms with E-state index in [4.69, 9.17) is 4.74 Å². The van der Waals surface area contributed by atoms with Crippen molar-refractivity contribution in [2.24, 2.45) is 0 Å². The van der Waals surface area contributed by atoms with Crippen molar-refractivity contribution in [3.05, 3.63) is 66.7 Å². The van der Waals surface area contributed by atoms with Crippen molar-refractivity contribution in [1.82, 2.24) is 20.1 Å². The van der Waals surface area contributed by atoms with E-state index >= 15 is 0 Å². The highest BCUT2D eigenvalue weighted by atomic mass is 32.2. The van der Waals surface area contributed by atoms with E-state index in [1.54, 1.807) is 37.5 Å². The van der Waals surface area contributed by atoms with Gasteiger partial charge in [0.25, 0.3) is 5.91 Å². The molecule has 182 valence electrons. The van der Waals surface area contributed by atoms with E-state index in [-0.39, 0.29) is 23.6 Å². The Morgan fingerprint density at radius 3 is 2.66 bits per heavy atom. The van der Waals surface area contributed by atoms with Gasteiger partial charge in [0.15, 0.2) is 11.0 Å². The number of aromatic nitrogens is 3. The van der Waals surface area contributed by atoms with Gasteiger partial charge in [0.05, 0.1) is 29.7 Å². The van der Waals surface area contributed by atoms with Crippen LogP contribution in [0.4, 0.5) is 5.69 Å². The third-order valence-corrected chi connectivity index (χ3v) is 6.81. The molecule has 0 unspecified atom stereocenters. The van der Waals surface area contributed by atoms with Gasteiger partial charge in [-0.1, -0.05) is 54.9 Å². The van der Waals surface area contributed by atoms with Crippen LogP contribution in [-0.2, 0) is 11.3 Å². The molecule has 2 N–H and O–H groups in total. The van der Waals surface area contributed by atoms with E-state index in [0.29, 0.717) is 34.5 Å². The fraction of sp³-hybridized carbons (Fsp3) is 0.308. The highest BCUT2D eigenvalue weighted by Gasteiger charge is 2.21. The number of allylic oxidation sites excluding steroid dienone is 1. The zero-order valence-electron chi connectivity index (χ0n) is 19.7. The third-order valence-electron chi connectivity index (χ3n) is 5.84. The van der Waals surface area contributed by atoms with E-state index in [2.05, 4.69) is 27.4 Å². The largest absolute Gasteiger partial charge is 0.496 e. The second-order valence-corrected chi connectivity index (χ2v) is 9.19. The van der Waals surface area contributed by atoms with E-state index in [9.17, 15) is 9.59 Å². The summed E-state index contributed by atoms with van der Waals surface area (Å²) in [5.41, 5.74) is 1.77. The lowest BCUT2D eigenvalue weighted by molar-refractivity contribution is -0.113. The molecule has 0 atom stereocenters. The molecule has 1 aliphatic rings. The van der Waals surface area contributed by atoms with Crippen LogP contribution in [0.5, 0.6) is 5.75 Å². The van der Waals surface area contributed by atoms with Crippen molar-refractivity contribution in [3.63, 3.8) is 0 Å². The van der Waals surface area contributed by atoms with Crippen molar-refractivity contribution in [2.45, 2.75) is 43.4 Å². The fourth-order valence-electron chi connectivity index (χ4n) is 4.16. The molecule has 0 aliphatic heterocycles. The van der Waals surface area contributed by atoms with Gasteiger partial charge in [-0.3, -0.25) is 14.2 Å². The number of carbonyl (C=O) groups excluding carboxylic acids is 2. The van der Waals surface area contributed by atoms with Crippen LogP contribution in [-0.4, -0.2) is 45.5 Å². The van der Waals surface area contributed by atoms with E-state index in [1.807, 2.05) is 28.8 Å². The molecular weight excluding hydrogens is 462 g/mol. The van der Waals surface area contributed by atoms with Gasteiger partial charge < -0.3 is 15.4 Å². The molecule has 2 aromatic carbocycles. The Kier molecular flexibility index (Phi) is 8.20. The lowest BCUT2D eigenvalue weighted by Gasteiger charge is -2.15. The summed E-state index contributed by atoms with van der Waals surface area (Å²) in [6, 6.07) is 14.9. The van der Waals surface area contributed by atoms with Crippen molar-refractivity contribution in [2.75, 3.05) is 18.2 Å². The molecule has 35 heavy (non-hydrogen) atoms. The number of benzene rings is 2. The maximum Gasteiger partial charge on any atom is 0.253 e. The molecular formula is C26H29N5O3S. The quantitative estimate of drug-likeness (QED) is 0.319. The molecule has 3 aromatic rings. The fourth-order valence-corrected chi connectivity index (χ4v) is 4.91. The van der Waals surface area contributed by atoms with Crippen LogP contribution in [0, 0.1) is 0 Å². The Morgan fingerprint density at radius 2 is 1.89 bits per heavy atom. The molecule has 2 amide bonds. The summed E-state index contributed by atoms with van der Waals surface area (Å²) >= 11 is 1.27. The van der Waals surface area contributed by atoms with E-state index in [0.717, 1.165) is 31.2 Å². The summed E-state index contributed by atoms with van der Waals surface area (Å²) in [6.45, 7) is 4.31. The molecule has 1 heterocycles. The monoisotopic (exact) mass is 491 g/mol. The SMILES string of the molecule is C=CCn1c(SCC(=O)Nc2ccccc2C(=O)NC2CCCC2)nnc1-c1ccccc1OC. The molecule has 0 spiro atoms. The summed E-state index contributed by atoms with van der Waals surface area (Å²) < 4.78 is 7.36. The molecule has 9 heteroatoms. The molecule has 1 aromatic heterocycles. The first-order valence-corrected chi connectivity index (χ1v) is 12.6. The number of thioether (sulfide) groups is 1. The van der Waals surface area contributed by atoms with Crippen LogP contribution in [0.3, 0.4) is 0 Å². The lowest BCUT2D eigenvalue weighted by Crippen LogP contribution is -2.33. The highest BCUT2D eigenvalue weighted by molar-refractivity contribution is 7.99. The van der Waals surface area contributed by atoms with Gasteiger partial charge in [-0.25, -0.2) is 0 Å². The number of anilines is 1. The molecule has 1 fully saturated rings. The summed E-state index contributed by atoms with van der Waals surface area (Å²) in [6.07, 6.45) is 6.02. The number of nitrogens with one attached hydrogen (secondary N) is 2. The number of hydrogen-bond donors (Lipinski definition) is 2. The van der Waals surface area contributed by atoms with Crippen LogP contribution in [0.2, 0.25) is 0 Å². The van der Waals surface area contributed by atoms with E-state index < -0.39 is 0 Å². The second kappa shape index (κ2) is 11.7. The minimum atomic E-state index is -0.233. The Morgan fingerprint density at radius 1 is 1.14 bits per heavy atom. The first-order valence-electron chi connectivity index (χ1n) is 11.6. The van der Waals surface area contributed by atoms with Gasteiger partial charge in [0, 0.05) is 12.6 Å². The Balaban J connectivity index is 1.45. The number of hydrogen-bond acceptors (Lipinski definition) is 6. The van der Waals surface area contributed by atoms with Gasteiger partial charge in [-0.15, -0.1) is 16.8 Å². The number of methoxy groups -OCH3 is 1. The molecule has 4 rings (SSSR count). The summed E-state index contributed by atoms with van der Waals surface area (Å²) in [7, 11) is 1.61. The van der Waals surface area contributed by atoms with Crippen LogP contribution in [0.15, 0.2) is 66.3 Å². The molecule has 0 bridgehead atoms. The Labute approximate surface area is 209 Å². The van der Waals surface area contributed by atoms with Crippen LogP contribution >= 0.6 is 11.8 Å². The zero-order valence-corrected chi connectivity index (χ0v) is 20.5. The predicted octanol–water partition coefficient (Wildman–Crippen LogP) is 4.54. The Hall–Kier alpha value is -3.59. The van der Waals surface area contributed by atoms with Gasteiger partial charge in [-0.2, -0.15) is 0 Å². The number of para-hydroxylation sites is 2. The maximum absolute atomic E-state index is 12.8. The zero-order chi connectivity index (χ0) is 24.6. The lowest BCUT2D eigenvalue weighted by atomic mass is 10.1. The Bertz CT molecular complexity index is 1200. The van der Waals surface area contributed by atoms with Crippen LogP contribution < -0.4 is 15.4 Å². The number of rotatable bonds is 10. The van der Waals surface area contributed by atoms with Gasteiger partial charge in [0.1, 0.15) is 5.75 Å². The standard InChI is InChI=1S/C26H29N5O3S/c1-3-16-31-24(20-13-7-9-15-22(20)34-2)29-30-26(31)35-17-23(32)28-21-14-8-6-12-19(21)25(33)27-18-10-4-5-11-18/h3,6-9,12-15,18H,1,4-5,10-11,16-17H2,2H3,(H,27,33)(H,28,32). The maximum atomic E-state index is 12.8. The average molecular weight is 492 g/mol. The van der Waals surface area contributed by atoms with Gasteiger partial charge in [-0.05, 0) is 37.1 Å². The molecule has 8 nitrogen and oxygen atoms in total. The third kappa shape index (κ3) is 5.92. The minimum absolute atomic E-state index is 0.111. The molecule has 1 aliphatic carbocycles. The first-order chi connectivity index (χ1) is 17.1. The van der Waals surface area contributed by atoms with Crippen molar-refractivity contribution in [3.8, 4) is 17.1 Å². The molecule has 0 radical (unpaired) electrons. The van der Waals surface area contributed by atoms with E-state index in [1.165, 1.54) is 11.8 Å². The summed E-state index contributed by atoms with van der Waals surface area (Å²) in [4.78, 5) is 25.6. The van der Waals surface area contributed by atoms with Gasteiger partial charge in [0.2, 0.25) is 5.91 Å². The van der Waals surface area contributed by atoms with Crippen LogP contribution in [0.25, 0.3) is 11.4 Å². The smallest absolute Gasteiger partial charge is 0.253 e. The number of nitrogens with zero attached hydrogens (tertiary/aromatic N) is 3. The first kappa shape index (κ1) is 24.5. The molecule has 1 saturated carbocycles. The van der Waals surface area contributed by atoms with Crippen molar-refractivity contribution in [1.29, 1.82) is 0 Å². The average Bonchev–Trinajstić information content (AvgIpc) is 3.53. The van der Waals surface area contributed by atoms with Crippen molar-refractivity contribution < 1.29 is 14.3 Å². The number of amides is 2. The summed E-state index contributed by atoms with van der Waals surface area (Å²) in [5, 5.41) is 15.2. The topological polar surface area (TPSA) is 98.1 Å². The normalized spacial score (nSPS) is 13.4. The number of carbonyl (C=O) groups is 2. The van der Waals surface area contributed by atoms with Gasteiger partial charge >= 0.3 is 0 Å². The minimum Gasteiger partial charge on any atom is -0.496 e. The summed E-state index contributed by atoms with van der Waals surface area (Å²) in [5.74, 6) is 1.04. The van der Waals surface area contributed by atoms with Crippen molar-refractivity contribution >= 4 is 29.3 Å². The van der Waals surface area contributed by atoms with Crippen LogP contribution in [0.1, 0.15) is 36.0 Å².